The van der Waals surface area contributed by atoms with Crippen LogP contribution in [0.5, 0.6) is 0 Å². The average Bonchev–Trinajstić information content (AvgIpc) is 3.63. The molecule has 0 spiro atoms. The van der Waals surface area contributed by atoms with Gasteiger partial charge in [-0.25, -0.2) is 9.78 Å². The predicted molar refractivity (Wildman–Crippen MR) is 228 cm³/mol. The summed E-state index contributed by atoms with van der Waals surface area (Å²) < 4.78 is 2.35. The standard InChI is InChI=1S/C47H53N7O4/c1-5-45(55)52-31(3)25-40(38-11-7-9-13-41(38)52)49-35-19-15-33(16-20-35)27-37-28-48-44-30-50(23-24-51(37)44)29-34-17-21-36(22-18-34)54(47(57)58)43-26-32(4)53(46(56)6-2)42-14-10-8-12-39(42)43/h7-22,28,31-32,40,43,49H,5-6,23-27,29-30H2,1-4H3,(H,57,58)/t31-,32-,40+,43+/m0/s1. The number of benzene rings is 4. The topological polar surface area (TPSA) is 114 Å². The van der Waals surface area contributed by atoms with Crippen molar-refractivity contribution in [1.29, 1.82) is 0 Å². The molecule has 0 unspecified atom stereocenters. The zero-order valence-electron chi connectivity index (χ0n) is 33.8. The van der Waals surface area contributed by atoms with E-state index in [1.165, 1.54) is 16.2 Å². The predicted octanol–water partition coefficient (Wildman–Crippen LogP) is 8.94. The van der Waals surface area contributed by atoms with Gasteiger partial charge in [0.05, 0.1) is 18.6 Å². The molecule has 4 heterocycles. The minimum Gasteiger partial charge on any atom is -0.465 e. The van der Waals surface area contributed by atoms with Crippen LogP contribution in [-0.2, 0) is 35.6 Å². The summed E-state index contributed by atoms with van der Waals surface area (Å²) in [5, 5.41) is 14.2. The van der Waals surface area contributed by atoms with Crippen molar-refractivity contribution in [2.24, 2.45) is 0 Å². The summed E-state index contributed by atoms with van der Waals surface area (Å²) in [5.41, 5.74) is 9.00. The van der Waals surface area contributed by atoms with Gasteiger partial charge in [-0.15, -0.1) is 0 Å². The van der Waals surface area contributed by atoms with E-state index in [1.54, 1.807) is 0 Å². The van der Waals surface area contributed by atoms with Gasteiger partial charge in [-0.2, -0.15) is 0 Å². The van der Waals surface area contributed by atoms with Gasteiger partial charge in [-0.3, -0.25) is 19.4 Å². The lowest BCUT2D eigenvalue weighted by Gasteiger charge is -2.42. The van der Waals surface area contributed by atoms with E-state index in [2.05, 4.69) is 58.1 Å². The van der Waals surface area contributed by atoms with E-state index in [0.29, 0.717) is 24.9 Å². The molecule has 3 aliphatic rings. The summed E-state index contributed by atoms with van der Waals surface area (Å²) in [6.07, 6.45) is 4.03. The number of rotatable bonds is 10. The highest BCUT2D eigenvalue weighted by atomic mass is 16.4. The van der Waals surface area contributed by atoms with Crippen LogP contribution in [-0.4, -0.2) is 56.1 Å². The minimum absolute atomic E-state index is 0.0389. The number of aromatic nitrogens is 2. The molecule has 0 aliphatic carbocycles. The molecule has 4 atom stereocenters. The number of para-hydroxylation sites is 2. The highest BCUT2D eigenvalue weighted by molar-refractivity contribution is 5.97. The monoisotopic (exact) mass is 779 g/mol. The van der Waals surface area contributed by atoms with Gasteiger partial charge in [0.2, 0.25) is 11.8 Å². The van der Waals surface area contributed by atoms with E-state index in [-0.39, 0.29) is 29.9 Å². The van der Waals surface area contributed by atoms with Crippen molar-refractivity contribution in [3.63, 3.8) is 0 Å². The van der Waals surface area contributed by atoms with Crippen LogP contribution in [0.3, 0.4) is 0 Å². The molecule has 11 heteroatoms. The second kappa shape index (κ2) is 16.5. The van der Waals surface area contributed by atoms with Crippen molar-refractivity contribution in [3.05, 3.63) is 137 Å². The first kappa shape index (κ1) is 38.9. The van der Waals surface area contributed by atoms with Crippen LogP contribution in [0, 0.1) is 0 Å². The molecular formula is C47H53N7O4. The van der Waals surface area contributed by atoms with E-state index in [4.69, 9.17) is 4.98 Å². The van der Waals surface area contributed by atoms with Gasteiger partial charge in [0, 0.05) is 85.6 Å². The highest BCUT2D eigenvalue weighted by Crippen LogP contribution is 2.43. The van der Waals surface area contributed by atoms with E-state index in [1.807, 2.05) is 97.4 Å². The number of amides is 3. The maximum absolute atomic E-state index is 12.9. The summed E-state index contributed by atoms with van der Waals surface area (Å²) in [6.45, 7) is 11.1. The summed E-state index contributed by atoms with van der Waals surface area (Å²) >= 11 is 0. The fraction of sp³-hybridized carbons (Fsp3) is 0.362. The zero-order valence-corrected chi connectivity index (χ0v) is 33.8. The third-order valence-corrected chi connectivity index (χ3v) is 12.1. The van der Waals surface area contributed by atoms with E-state index < -0.39 is 12.1 Å². The molecule has 4 aromatic carbocycles. The molecular weight excluding hydrogens is 727 g/mol. The Morgan fingerprint density at radius 3 is 2.02 bits per heavy atom. The van der Waals surface area contributed by atoms with Crippen molar-refractivity contribution in [1.82, 2.24) is 14.5 Å². The maximum Gasteiger partial charge on any atom is 0.412 e. The fourth-order valence-electron chi connectivity index (χ4n) is 9.30. The van der Waals surface area contributed by atoms with Crippen LogP contribution in [0.15, 0.2) is 103 Å². The van der Waals surface area contributed by atoms with Crippen molar-refractivity contribution in [3.8, 4) is 0 Å². The molecule has 2 N–H and O–H groups in total. The van der Waals surface area contributed by atoms with Crippen LogP contribution in [0.4, 0.5) is 27.5 Å². The van der Waals surface area contributed by atoms with Gasteiger partial charge in [-0.1, -0.05) is 74.5 Å². The largest absolute Gasteiger partial charge is 0.465 e. The van der Waals surface area contributed by atoms with E-state index in [0.717, 1.165) is 78.6 Å². The number of hydrogen-bond acceptors (Lipinski definition) is 6. The Morgan fingerprint density at radius 2 is 1.36 bits per heavy atom. The average molecular weight is 780 g/mol. The summed E-state index contributed by atoms with van der Waals surface area (Å²) in [7, 11) is 0. The van der Waals surface area contributed by atoms with Crippen molar-refractivity contribution < 1.29 is 19.5 Å². The summed E-state index contributed by atoms with van der Waals surface area (Å²) in [5.74, 6) is 1.25. The molecule has 0 saturated heterocycles. The first-order valence-electron chi connectivity index (χ1n) is 20.7. The van der Waals surface area contributed by atoms with Crippen LogP contribution in [0.2, 0.25) is 0 Å². The molecule has 1 aromatic heterocycles. The first-order chi connectivity index (χ1) is 28.1. The Labute approximate surface area is 340 Å². The lowest BCUT2D eigenvalue weighted by Crippen LogP contribution is -2.47. The molecule has 0 bridgehead atoms. The number of fused-ring (bicyclic) bond motifs is 3. The molecule has 0 saturated carbocycles. The van der Waals surface area contributed by atoms with E-state index >= 15 is 0 Å². The third kappa shape index (κ3) is 7.58. The molecule has 8 rings (SSSR count). The lowest BCUT2D eigenvalue weighted by atomic mass is 9.90. The Hall–Kier alpha value is -5.94. The van der Waals surface area contributed by atoms with Crippen molar-refractivity contribution in [2.75, 3.05) is 26.6 Å². The SMILES string of the molecule is CCC(=O)N1c2ccccc2[C@H](N(C(=O)O)c2ccc(CN3CCn4c(Cc5ccc(N[C@@H]6C[C@H](C)N(C(=O)CC)c7ccccc76)cc5)cnc4C3)cc2)C[C@@H]1C. The Kier molecular flexibility index (Phi) is 11.1. The van der Waals surface area contributed by atoms with Crippen LogP contribution in [0.1, 0.15) is 99.2 Å². The maximum atomic E-state index is 12.9. The number of hydrogen-bond donors (Lipinski definition) is 2. The Balaban J connectivity index is 0.895. The summed E-state index contributed by atoms with van der Waals surface area (Å²) in [6, 6.07) is 32.1. The van der Waals surface area contributed by atoms with E-state index in [9.17, 15) is 19.5 Å². The van der Waals surface area contributed by atoms with Gasteiger partial charge in [-0.05, 0) is 85.3 Å². The molecule has 5 aromatic rings. The van der Waals surface area contributed by atoms with Gasteiger partial charge in [0.25, 0.3) is 0 Å². The second-order valence-corrected chi connectivity index (χ2v) is 16.0. The molecule has 11 nitrogen and oxygen atoms in total. The van der Waals surface area contributed by atoms with Gasteiger partial charge < -0.3 is 24.8 Å². The van der Waals surface area contributed by atoms with Crippen LogP contribution < -0.4 is 20.0 Å². The Morgan fingerprint density at radius 1 is 0.759 bits per heavy atom. The number of carboxylic acid groups (broad SMARTS) is 1. The van der Waals surface area contributed by atoms with Crippen molar-refractivity contribution >= 4 is 40.7 Å². The molecule has 3 aliphatic heterocycles. The van der Waals surface area contributed by atoms with Gasteiger partial charge >= 0.3 is 6.09 Å². The quantitative estimate of drug-likeness (QED) is 0.146. The molecule has 3 amide bonds. The number of imidazole rings is 1. The second-order valence-electron chi connectivity index (χ2n) is 16.0. The number of carbonyl (C=O) groups is 3. The number of anilines is 4. The number of nitrogens with zero attached hydrogens (tertiary/aromatic N) is 6. The van der Waals surface area contributed by atoms with Crippen LogP contribution in [0.25, 0.3) is 0 Å². The van der Waals surface area contributed by atoms with Crippen molar-refractivity contribution in [2.45, 2.75) is 104 Å². The van der Waals surface area contributed by atoms with Gasteiger partial charge in [0.1, 0.15) is 5.82 Å². The fourth-order valence-corrected chi connectivity index (χ4v) is 9.30. The van der Waals surface area contributed by atoms with Gasteiger partial charge in [0.15, 0.2) is 0 Å². The Bertz CT molecular complexity index is 2290. The smallest absolute Gasteiger partial charge is 0.412 e. The molecule has 300 valence electrons. The number of nitrogens with one attached hydrogen (secondary N) is 1. The highest BCUT2D eigenvalue weighted by Gasteiger charge is 2.38. The molecule has 58 heavy (non-hydrogen) atoms. The molecule has 0 radical (unpaired) electrons. The molecule has 0 fully saturated rings. The third-order valence-electron chi connectivity index (χ3n) is 12.1. The minimum atomic E-state index is -1.01. The zero-order chi connectivity index (χ0) is 40.5. The summed E-state index contributed by atoms with van der Waals surface area (Å²) in [4.78, 5) is 50.9. The van der Waals surface area contributed by atoms with Crippen LogP contribution >= 0.6 is 0 Å². The lowest BCUT2D eigenvalue weighted by molar-refractivity contribution is -0.119. The first-order valence-corrected chi connectivity index (χ1v) is 20.7. The number of carbonyl (C=O) groups excluding carboxylic acids is 2. The normalized spacial score (nSPS) is 20.1.